The number of hydrogen-bond acceptors (Lipinski definition) is 13. The number of carbonyl (C=O) groups excluding carboxylic acids is 8. The van der Waals surface area contributed by atoms with Crippen LogP contribution in [0.2, 0.25) is 0 Å². The number of benzene rings is 1. The number of fused-ring (bicyclic) bond motifs is 1. The average Bonchev–Trinajstić information content (AvgIpc) is 3.60. The van der Waals surface area contributed by atoms with Crippen molar-refractivity contribution in [3.05, 3.63) is 36.0 Å². The van der Waals surface area contributed by atoms with Gasteiger partial charge in [-0.3, -0.25) is 48.5 Å². The van der Waals surface area contributed by atoms with Crippen LogP contribution in [0.3, 0.4) is 0 Å². The molecule has 3 rings (SSSR count). The number of nitrogens with two attached hydrogens (primary N) is 1. The molecular weight excluding hydrogens is 809 g/mol. The van der Waals surface area contributed by atoms with E-state index in [2.05, 4.69) is 36.9 Å². The van der Waals surface area contributed by atoms with Gasteiger partial charge in [-0.25, -0.2) is 0 Å². The van der Waals surface area contributed by atoms with Gasteiger partial charge in [0.2, 0.25) is 47.3 Å². The standard InChI is InChI=1S/C37H54N10O12S/c1-18(2)31-37(59)47(5)26(15-48)35(57)41-14-28(50)43-25(33(55)40-13-27(38)49)16-60-17-29(51)42-24(10-20-12-39-22-9-7-6-8-21(20)22)36(58)46(4)19(3)32(54)44-23(11-30(52)53)34(56)45-31/h6-9,12,18-19,23-26,31-32,39,44,48,54H,10-11,13-17H2,1-5H3,(H2,38,49)(H,40,55)(H,41,57)(H,42,51)(H,43,50)(H,45,56)(H,52,53)/t19-,23-,24+,25-,26-,31-,32?/m0/s1. The number of nitrogens with zero attached hydrogens (tertiary/aromatic N) is 2. The largest absolute Gasteiger partial charge is 0.481 e. The molecule has 60 heavy (non-hydrogen) atoms. The molecule has 0 bridgehead atoms. The summed E-state index contributed by atoms with van der Waals surface area (Å²) < 4.78 is 0. The van der Waals surface area contributed by atoms with Gasteiger partial charge in [-0.2, -0.15) is 0 Å². The first kappa shape index (κ1) is 48.6. The van der Waals surface area contributed by atoms with E-state index >= 15 is 0 Å². The van der Waals surface area contributed by atoms with Gasteiger partial charge in [0.05, 0.1) is 44.0 Å². The number of aliphatic hydroxyl groups excluding tert-OH is 2. The number of likely N-dealkylation sites (N-methyl/N-ethyl adjacent to an activating group) is 2. The Bertz CT molecular complexity index is 1910. The zero-order chi connectivity index (χ0) is 44.8. The van der Waals surface area contributed by atoms with Gasteiger partial charge in [-0.05, 0) is 24.5 Å². The molecule has 12 N–H and O–H groups in total. The van der Waals surface area contributed by atoms with Gasteiger partial charge < -0.3 is 62.4 Å². The highest BCUT2D eigenvalue weighted by atomic mass is 32.2. The molecule has 1 aliphatic rings. The maximum atomic E-state index is 14.2. The van der Waals surface area contributed by atoms with Gasteiger partial charge in [0.1, 0.15) is 30.4 Å². The van der Waals surface area contributed by atoms with Crippen molar-refractivity contribution in [3.8, 4) is 0 Å². The van der Waals surface area contributed by atoms with Crippen molar-refractivity contribution >= 4 is 75.9 Å². The van der Waals surface area contributed by atoms with Crippen LogP contribution in [-0.2, 0) is 49.6 Å². The lowest BCUT2D eigenvalue weighted by molar-refractivity contribution is -0.145. The van der Waals surface area contributed by atoms with Crippen molar-refractivity contribution in [3.63, 3.8) is 0 Å². The van der Waals surface area contributed by atoms with E-state index in [1.165, 1.54) is 14.0 Å². The third-order valence-electron chi connectivity index (χ3n) is 9.77. The molecule has 0 saturated carbocycles. The first-order chi connectivity index (χ1) is 28.2. The van der Waals surface area contributed by atoms with E-state index in [-0.39, 0.29) is 17.9 Å². The topological polar surface area (TPSA) is 335 Å². The minimum Gasteiger partial charge on any atom is -0.481 e. The zero-order valence-electron chi connectivity index (χ0n) is 33.9. The average molecular weight is 863 g/mol. The Morgan fingerprint density at radius 1 is 0.950 bits per heavy atom. The molecule has 23 heteroatoms. The molecule has 1 aromatic heterocycles. The lowest BCUT2D eigenvalue weighted by Crippen LogP contribution is -2.61. The number of thioether (sulfide) groups is 1. The summed E-state index contributed by atoms with van der Waals surface area (Å²) in [4.78, 5) is 122. The van der Waals surface area contributed by atoms with Gasteiger partial charge in [0.15, 0.2) is 0 Å². The van der Waals surface area contributed by atoms with Crippen molar-refractivity contribution in [1.29, 1.82) is 0 Å². The minimum absolute atomic E-state index is 0.0278. The van der Waals surface area contributed by atoms with E-state index in [0.717, 1.165) is 39.5 Å². The number of para-hydroxylation sites is 1. The molecule has 1 unspecified atom stereocenters. The Labute approximate surface area is 349 Å². The van der Waals surface area contributed by atoms with Crippen LogP contribution < -0.4 is 37.6 Å². The Morgan fingerprint density at radius 3 is 2.27 bits per heavy atom. The van der Waals surface area contributed by atoms with Crippen LogP contribution in [0.15, 0.2) is 30.5 Å². The molecule has 22 nitrogen and oxygen atoms in total. The molecule has 2 heterocycles. The summed E-state index contributed by atoms with van der Waals surface area (Å²) in [5, 5.41) is 46.5. The van der Waals surface area contributed by atoms with Crippen LogP contribution in [0.25, 0.3) is 10.9 Å². The number of aromatic amines is 1. The summed E-state index contributed by atoms with van der Waals surface area (Å²) >= 11 is 0.886. The number of aliphatic hydroxyl groups is 2. The number of aliphatic carboxylic acids is 1. The van der Waals surface area contributed by atoms with E-state index in [1.54, 1.807) is 26.1 Å². The number of primary amides is 1. The van der Waals surface area contributed by atoms with Crippen LogP contribution in [0.5, 0.6) is 0 Å². The molecule has 0 radical (unpaired) electrons. The maximum Gasteiger partial charge on any atom is 0.305 e. The number of carbonyl (C=O) groups is 9. The summed E-state index contributed by atoms with van der Waals surface area (Å²) in [6, 6.07) is -1.12. The Morgan fingerprint density at radius 2 is 1.63 bits per heavy atom. The predicted octanol–water partition coefficient (Wildman–Crippen LogP) is -4.30. The number of carboxylic acid groups (broad SMARTS) is 1. The van der Waals surface area contributed by atoms with Gasteiger partial charge in [0.25, 0.3) is 0 Å². The van der Waals surface area contributed by atoms with Crippen LogP contribution in [0.4, 0.5) is 0 Å². The highest BCUT2D eigenvalue weighted by Gasteiger charge is 2.37. The number of nitrogens with one attached hydrogen (secondary N) is 7. The fourth-order valence-electron chi connectivity index (χ4n) is 6.16. The van der Waals surface area contributed by atoms with E-state index < -0.39 is 128 Å². The lowest BCUT2D eigenvalue weighted by Gasteiger charge is -2.35. The molecule has 1 saturated heterocycles. The highest BCUT2D eigenvalue weighted by molar-refractivity contribution is 8.00. The fourth-order valence-corrected chi connectivity index (χ4v) is 7.02. The molecule has 1 aromatic carbocycles. The van der Waals surface area contributed by atoms with Crippen molar-refractivity contribution < 1.29 is 58.5 Å². The van der Waals surface area contributed by atoms with Crippen LogP contribution in [0.1, 0.15) is 32.8 Å². The first-order valence-electron chi connectivity index (χ1n) is 18.9. The minimum atomic E-state index is -1.73. The first-order valence-corrected chi connectivity index (χ1v) is 20.1. The Balaban J connectivity index is 2.02. The molecule has 0 spiro atoms. The number of carboxylic acids is 1. The number of hydrogen-bond donors (Lipinski definition) is 11. The SMILES string of the molecule is CC(C)[C@@H]1NC(=O)[C@H](CC(=O)O)NC(O)[C@H](C)N(C)C(=O)[C@@H](Cc2c[nH]c3ccccc23)NC(=O)CSC[C@@H](C(=O)NCC(N)=O)NC(=O)CNC(=O)[C@H](CO)N(C)C1=O. The summed E-state index contributed by atoms with van der Waals surface area (Å²) in [6.45, 7) is 2.29. The van der Waals surface area contributed by atoms with Crippen molar-refractivity contribution in [1.82, 2.24) is 46.7 Å². The number of rotatable bonds is 9. The van der Waals surface area contributed by atoms with Gasteiger partial charge >= 0.3 is 5.97 Å². The molecule has 8 amide bonds. The third kappa shape index (κ3) is 13.6. The molecule has 0 aliphatic carbocycles. The summed E-state index contributed by atoms with van der Waals surface area (Å²) in [7, 11) is 2.50. The van der Waals surface area contributed by atoms with E-state index in [0.29, 0.717) is 5.56 Å². The molecule has 330 valence electrons. The van der Waals surface area contributed by atoms with Crippen LogP contribution in [0, 0.1) is 5.92 Å². The summed E-state index contributed by atoms with van der Waals surface area (Å²) in [6.07, 6.45) is -0.945. The normalized spacial score (nSPS) is 25.2. The quantitative estimate of drug-likeness (QED) is 0.114. The van der Waals surface area contributed by atoms with Crippen LogP contribution >= 0.6 is 11.8 Å². The van der Waals surface area contributed by atoms with E-state index in [4.69, 9.17) is 5.73 Å². The van der Waals surface area contributed by atoms with Gasteiger partial charge in [0, 0.05) is 43.4 Å². The van der Waals surface area contributed by atoms with Crippen molar-refractivity contribution in [2.45, 2.75) is 76.1 Å². The predicted molar refractivity (Wildman–Crippen MR) is 216 cm³/mol. The molecule has 1 fully saturated rings. The van der Waals surface area contributed by atoms with Gasteiger partial charge in [-0.1, -0.05) is 32.0 Å². The fraction of sp³-hybridized carbons (Fsp3) is 0.541. The van der Waals surface area contributed by atoms with Crippen LogP contribution in [-0.4, -0.2) is 171 Å². The van der Waals surface area contributed by atoms with E-state index in [1.807, 2.05) is 18.2 Å². The smallest absolute Gasteiger partial charge is 0.305 e. The molecule has 1 aliphatic heterocycles. The second-order valence-corrected chi connectivity index (χ2v) is 15.6. The Hall–Kier alpha value is -5.78. The second kappa shape index (κ2) is 22.6. The van der Waals surface area contributed by atoms with Crippen molar-refractivity contribution in [2.75, 3.05) is 45.3 Å². The van der Waals surface area contributed by atoms with E-state index in [9.17, 15) is 58.5 Å². The summed E-state index contributed by atoms with van der Waals surface area (Å²) in [5.74, 6) is -9.51. The highest BCUT2D eigenvalue weighted by Crippen LogP contribution is 2.20. The molecular formula is C37H54N10O12S. The number of H-pyrrole nitrogens is 1. The maximum absolute atomic E-state index is 14.2. The zero-order valence-corrected chi connectivity index (χ0v) is 34.7. The number of amides is 8. The Kier molecular flexibility index (Phi) is 18.3. The summed E-state index contributed by atoms with van der Waals surface area (Å²) in [5.41, 5.74) is 6.58. The monoisotopic (exact) mass is 862 g/mol. The lowest BCUT2D eigenvalue weighted by atomic mass is 10.0. The number of aromatic nitrogens is 1. The molecule has 2 aromatic rings. The third-order valence-corrected chi connectivity index (χ3v) is 10.8. The second-order valence-electron chi connectivity index (χ2n) is 14.6. The van der Waals surface area contributed by atoms with Crippen molar-refractivity contribution in [2.24, 2.45) is 11.7 Å². The molecule has 7 atom stereocenters. The van der Waals surface area contributed by atoms with Gasteiger partial charge in [-0.15, -0.1) is 11.8 Å².